The van der Waals surface area contributed by atoms with Gasteiger partial charge in [-0.05, 0) is 91.6 Å². The van der Waals surface area contributed by atoms with Crippen LogP contribution in [0.15, 0.2) is 72.8 Å². The summed E-state index contributed by atoms with van der Waals surface area (Å²) in [5.74, 6) is -2.43. The maximum atomic E-state index is 13.8. The smallest absolute Gasteiger partial charge is 0.303 e. The predicted molar refractivity (Wildman–Crippen MR) is 181 cm³/mol. The zero-order chi connectivity index (χ0) is 35.6. The molecule has 0 radical (unpaired) electrons. The molecule has 49 heavy (non-hydrogen) atoms. The van der Waals surface area contributed by atoms with Gasteiger partial charge in [-0.25, -0.2) is 4.39 Å². The van der Waals surface area contributed by atoms with E-state index in [1.165, 1.54) is 32.9 Å². The fraction of sp³-hybridized carbons (Fsp3) is 0.421. The van der Waals surface area contributed by atoms with Crippen LogP contribution in [0.3, 0.4) is 0 Å². The van der Waals surface area contributed by atoms with Gasteiger partial charge < -0.3 is 30.0 Å². The molecular formula is C38H45FN2O8. The van der Waals surface area contributed by atoms with Crippen LogP contribution in [0.1, 0.15) is 80.9 Å². The lowest BCUT2D eigenvalue weighted by atomic mass is 9.78. The molecule has 0 spiro atoms. The number of benzene rings is 3. The van der Waals surface area contributed by atoms with E-state index in [0.29, 0.717) is 31.4 Å². The van der Waals surface area contributed by atoms with E-state index in [1.54, 1.807) is 17.0 Å². The van der Waals surface area contributed by atoms with Gasteiger partial charge in [-0.3, -0.25) is 19.2 Å². The van der Waals surface area contributed by atoms with Crippen LogP contribution in [-0.2, 0) is 46.2 Å². The van der Waals surface area contributed by atoms with Crippen LogP contribution < -0.4 is 10.6 Å². The largest absolute Gasteiger partial charge is 0.463 e. The fourth-order valence-electron chi connectivity index (χ4n) is 6.05. The minimum absolute atomic E-state index is 0.0505. The Labute approximate surface area is 286 Å². The summed E-state index contributed by atoms with van der Waals surface area (Å²) in [5, 5.41) is 11.1. The number of rotatable bonds is 17. The first-order valence-electron chi connectivity index (χ1n) is 16.5. The number of anilines is 1. The summed E-state index contributed by atoms with van der Waals surface area (Å²) in [5.41, 5.74) is 8.45. The second-order valence-electron chi connectivity index (χ2n) is 12.6. The summed E-state index contributed by atoms with van der Waals surface area (Å²) in [6, 6.07) is 21.1. The molecule has 3 N–H and O–H groups in total. The van der Waals surface area contributed by atoms with Gasteiger partial charge in [-0.2, -0.15) is 0 Å². The van der Waals surface area contributed by atoms with Crippen molar-refractivity contribution < 1.29 is 42.9 Å². The molecule has 1 saturated heterocycles. The van der Waals surface area contributed by atoms with Gasteiger partial charge in [0.2, 0.25) is 5.91 Å². The summed E-state index contributed by atoms with van der Waals surface area (Å²) < 4.78 is 29.3. The minimum atomic E-state index is -1.56. The predicted octanol–water partition coefficient (Wildman–Crippen LogP) is 5.30. The number of halogens is 1. The van der Waals surface area contributed by atoms with E-state index < -0.39 is 41.3 Å². The normalized spacial score (nSPS) is 16.4. The molecular weight excluding hydrogens is 631 g/mol. The van der Waals surface area contributed by atoms with Crippen molar-refractivity contribution in [2.75, 3.05) is 24.7 Å². The molecule has 1 amide bonds. The third kappa shape index (κ3) is 10.4. The Morgan fingerprint density at radius 3 is 1.98 bits per heavy atom. The van der Waals surface area contributed by atoms with E-state index >= 15 is 0 Å². The molecule has 3 atom stereocenters. The molecule has 4 rings (SSSR count). The Morgan fingerprint density at radius 1 is 0.857 bits per heavy atom. The molecule has 1 aliphatic heterocycles. The fourth-order valence-corrected chi connectivity index (χ4v) is 6.05. The third-order valence-electron chi connectivity index (χ3n) is 8.68. The first-order valence-corrected chi connectivity index (χ1v) is 16.5. The maximum Gasteiger partial charge on any atom is 0.303 e. The molecule has 262 valence electrons. The minimum Gasteiger partial charge on any atom is -0.463 e. The van der Waals surface area contributed by atoms with Gasteiger partial charge in [0.15, 0.2) is 0 Å². The van der Waals surface area contributed by atoms with Crippen molar-refractivity contribution in [1.82, 2.24) is 0 Å². The van der Waals surface area contributed by atoms with Crippen molar-refractivity contribution in [1.29, 1.82) is 0 Å². The number of nitrogens with zero attached hydrogens (tertiary/aromatic N) is 1. The highest BCUT2D eigenvalue weighted by Gasteiger charge is 2.48. The number of aryl methyl sites for hydroxylation is 2. The highest BCUT2D eigenvalue weighted by atomic mass is 19.1. The SMILES string of the molecule is CC(=O)OCC(O)(CCc1ccc([C@@H]2[C@@H](CCC(OC(C)=O)c3ccc(F)cc3)C(=O)N2c2ccc(CCCN)cc2)cc1)COC(C)=O. The van der Waals surface area contributed by atoms with Gasteiger partial charge in [0.1, 0.15) is 30.7 Å². The Morgan fingerprint density at radius 2 is 1.43 bits per heavy atom. The van der Waals surface area contributed by atoms with Crippen molar-refractivity contribution in [3.8, 4) is 0 Å². The van der Waals surface area contributed by atoms with Gasteiger partial charge in [0, 0.05) is 26.5 Å². The summed E-state index contributed by atoms with van der Waals surface area (Å²) in [7, 11) is 0. The third-order valence-corrected chi connectivity index (χ3v) is 8.68. The summed E-state index contributed by atoms with van der Waals surface area (Å²) >= 11 is 0. The number of amides is 1. The van der Waals surface area contributed by atoms with E-state index in [4.69, 9.17) is 19.9 Å². The molecule has 11 heteroatoms. The van der Waals surface area contributed by atoms with Crippen LogP contribution in [0.25, 0.3) is 0 Å². The molecule has 0 saturated carbocycles. The number of hydrogen-bond acceptors (Lipinski definition) is 9. The van der Waals surface area contributed by atoms with Crippen molar-refractivity contribution in [2.24, 2.45) is 11.7 Å². The topological polar surface area (TPSA) is 145 Å². The molecule has 10 nitrogen and oxygen atoms in total. The van der Waals surface area contributed by atoms with Gasteiger partial charge >= 0.3 is 17.9 Å². The molecule has 3 aromatic carbocycles. The number of hydrogen-bond donors (Lipinski definition) is 2. The Balaban J connectivity index is 1.55. The lowest BCUT2D eigenvalue weighted by Crippen LogP contribution is -2.55. The molecule has 0 aromatic heterocycles. The number of carbonyl (C=O) groups is 4. The zero-order valence-electron chi connectivity index (χ0n) is 28.2. The van der Waals surface area contributed by atoms with Gasteiger partial charge in [-0.15, -0.1) is 0 Å². The van der Waals surface area contributed by atoms with Crippen molar-refractivity contribution in [3.05, 3.63) is 101 Å². The van der Waals surface area contributed by atoms with Gasteiger partial charge in [0.05, 0.1) is 12.0 Å². The van der Waals surface area contributed by atoms with Crippen LogP contribution in [0.2, 0.25) is 0 Å². The highest BCUT2D eigenvalue weighted by Crippen LogP contribution is 2.46. The average Bonchev–Trinajstić information content (AvgIpc) is 3.07. The quantitative estimate of drug-likeness (QED) is 0.111. The molecule has 1 fully saturated rings. The number of β-lactam (4-membered cyclic amide) rings is 1. The maximum absolute atomic E-state index is 13.8. The van der Waals surface area contributed by atoms with Crippen LogP contribution in [0, 0.1) is 11.7 Å². The zero-order valence-corrected chi connectivity index (χ0v) is 28.2. The van der Waals surface area contributed by atoms with E-state index in [1.807, 2.05) is 48.5 Å². The standard InChI is InChI=1S/C38H45FN2O8/c1-25(42)47-23-38(46,24-48-26(2)43)21-20-29-6-10-31(11-7-29)36-34(18-19-35(49-27(3)44)30-12-14-32(39)15-13-30)37(45)41(36)33-16-8-28(9-17-33)5-4-22-40/h6-17,34-36,46H,4-5,18-24,40H2,1-3H3/t34-,35?,36-/m1/s1. The number of esters is 3. The van der Waals surface area contributed by atoms with Crippen molar-refractivity contribution in [2.45, 2.75) is 77.0 Å². The van der Waals surface area contributed by atoms with Crippen LogP contribution in [0.4, 0.5) is 10.1 Å². The molecule has 0 bridgehead atoms. The number of ether oxygens (including phenoxy) is 3. The summed E-state index contributed by atoms with van der Waals surface area (Å²) in [6.07, 6.45) is 2.43. The number of nitrogens with two attached hydrogens (primary N) is 1. The first-order chi connectivity index (χ1) is 23.4. The highest BCUT2D eigenvalue weighted by molar-refractivity contribution is 6.03. The summed E-state index contributed by atoms with van der Waals surface area (Å²) in [6.45, 7) is 3.76. The Kier molecular flexibility index (Phi) is 13.0. The van der Waals surface area contributed by atoms with E-state index in [9.17, 15) is 28.7 Å². The Bertz CT molecular complexity index is 1560. The average molecular weight is 677 g/mol. The summed E-state index contributed by atoms with van der Waals surface area (Å²) in [4.78, 5) is 50.3. The van der Waals surface area contributed by atoms with Gasteiger partial charge in [0.25, 0.3) is 0 Å². The van der Waals surface area contributed by atoms with Crippen LogP contribution >= 0.6 is 0 Å². The van der Waals surface area contributed by atoms with Crippen molar-refractivity contribution >= 4 is 29.5 Å². The molecule has 1 heterocycles. The van der Waals surface area contributed by atoms with E-state index in [-0.39, 0.29) is 31.6 Å². The number of carbonyl (C=O) groups excluding carboxylic acids is 4. The molecule has 0 aliphatic carbocycles. The second kappa shape index (κ2) is 17.2. The monoisotopic (exact) mass is 676 g/mol. The van der Waals surface area contributed by atoms with Gasteiger partial charge in [-0.1, -0.05) is 48.5 Å². The van der Waals surface area contributed by atoms with Crippen molar-refractivity contribution in [3.63, 3.8) is 0 Å². The lowest BCUT2D eigenvalue weighted by Gasteiger charge is -2.48. The van der Waals surface area contributed by atoms with Crippen LogP contribution in [-0.4, -0.2) is 54.3 Å². The number of aliphatic hydroxyl groups is 1. The van der Waals surface area contributed by atoms with Crippen LogP contribution in [0.5, 0.6) is 0 Å². The molecule has 1 unspecified atom stereocenters. The lowest BCUT2D eigenvalue weighted by molar-refractivity contribution is -0.161. The molecule has 1 aliphatic rings. The molecule has 3 aromatic rings. The van der Waals surface area contributed by atoms with E-state index in [0.717, 1.165) is 35.2 Å². The second-order valence-corrected chi connectivity index (χ2v) is 12.6. The Hall–Kier alpha value is -4.61. The first kappa shape index (κ1) is 37.2. The van der Waals surface area contributed by atoms with E-state index in [2.05, 4.69) is 0 Å².